The largest absolute Gasteiger partial charge is 0.493 e. The molecule has 0 aliphatic rings. The molecule has 0 unspecified atom stereocenters. The minimum Gasteiger partial charge on any atom is -0.493 e. The van der Waals surface area contributed by atoms with Crippen molar-refractivity contribution in [1.29, 1.82) is 0 Å². The van der Waals surface area contributed by atoms with Gasteiger partial charge in [0.2, 0.25) is 0 Å². The zero-order valence-corrected chi connectivity index (χ0v) is 18.0. The molecular weight excluding hydrogens is 426 g/mol. The Labute approximate surface area is 184 Å². The van der Waals surface area contributed by atoms with E-state index in [9.17, 15) is 14.4 Å². The van der Waals surface area contributed by atoms with Crippen molar-refractivity contribution in [3.8, 4) is 11.5 Å². The van der Waals surface area contributed by atoms with E-state index in [2.05, 4.69) is 5.32 Å². The van der Waals surface area contributed by atoms with E-state index in [-0.39, 0.29) is 6.61 Å². The third kappa shape index (κ3) is 7.04. The summed E-state index contributed by atoms with van der Waals surface area (Å²) in [6, 6.07) is 9.38. The van der Waals surface area contributed by atoms with Crippen molar-refractivity contribution in [1.82, 2.24) is 0 Å². The van der Waals surface area contributed by atoms with Crippen molar-refractivity contribution in [3.05, 3.63) is 58.6 Å². The predicted molar refractivity (Wildman–Crippen MR) is 116 cm³/mol. The first kappa shape index (κ1) is 23.8. The lowest BCUT2D eigenvalue weighted by Gasteiger charge is -2.10. The van der Waals surface area contributed by atoms with Crippen LogP contribution in [0.5, 0.6) is 11.5 Å². The summed E-state index contributed by atoms with van der Waals surface area (Å²) < 4.78 is 20.2. The van der Waals surface area contributed by atoms with Crippen molar-refractivity contribution < 1.29 is 33.3 Å². The number of nitrogens with one attached hydrogen (secondary N) is 1. The van der Waals surface area contributed by atoms with Gasteiger partial charge in [-0.05, 0) is 55.0 Å². The standard InChI is InChI=1S/C22H22ClNO7/c1-4-30-22(27)15-6-8-16(9-7-15)24-19(25)13-31-20(26)10-5-14-11-17(23)21(29-3)18(12-14)28-2/h5-12H,4,13H2,1-3H3,(H,24,25)/b10-5+. The summed E-state index contributed by atoms with van der Waals surface area (Å²) in [5.74, 6) is -0.886. The molecule has 0 saturated carbocycles. The van der Waals surface area contributed by atoms with E-state index >= 15 is 0 Å². The third-order valence-corrected chi connectivity index (χ3v) is 4.17. The molecule has 31 heavy (non-hydrogen) atoms. The smallest absolute Gasteiger partial charge is 0.338 e. The van der Waals surface area contributed by atoms with Crippen molar-refractivity contribution >= 4 is 41.2 Å². The highest BCUT2D eigenvalue weighted by Crippen LogP contribution is 2.36. The van der Waals surface area contributed by atoms with Crippen LogP contribution >= 0.6 is 11.6 Å². The van der Waals surface area contributed by atoms with Crippen LogP contribution in [0.2, 0.25) is 5.02 Å². The Balaban J connectivity index is 1.87. The Hall–Kier alpha value is -3.52. The zero-order valence-electron chi connectivity index (χ0n) is 17.3. The molecule has 0 aliphatic carbocycles. The van der Waals surface area contributed by atoms with Gasteiger partial charge in [-0.3, -0.25) is 4.79 Å². The molecule has 0 atom stereocenters. The van der Waals surface area contributed by atoms with Gasteiger partial charge in [0.25, 0.3) is 5.91 Å². The molecule has 164 valence electrons. The van der Waals surface area contributed by atoms with E-state index in [0.717, 1.165) is 0 Å². The van der Waals surface area contributed by atoms with E-state index < -0.39 is 24.5 Å². The molecule has 0 saturated heterocycles. The SMILES string of the molecule is CCOC(=O)c1ccc(NC(=O)COC(=O)/C=C/c2cc(Cl)c(OC)c(OC)c2)cc1. The molecule has 1 N–H and O–H groups in total. The second-order valence-corrected chi connectivity index (χ2v) is 6.43. The second kappa shape index (κ2) is 11.6. The van der Waals surface area contributed by atoms with E-state index in [4.69, 9.17) is 30.5 Å². The minimum atomic E-state index is -0.710. The van der Waals surface area contributed by atoms with Crippen LogP contribution < -0.4 is 14.8 Å². The van der Waals surface area contributed by atoms with Crippen molar-refractivity contribution in [3.63, 3.8) is 0 Å². The molecule has 9 heteroatoms. The summed E-state index contributed by atoms with van der Waals surface area (Å²) >= 11 is 6.12. The highest BCUT2D eigenvalue weighted by Gasteiger charge is 2.11. The second-order valence-electron chi connectivity index (χ2n) is 6.03. The first-order chi connectivity index (χ1) is 14.9. The Morgan fingerprint density at radius 2 is 1.74 bits per heavy atom. The summed E-state index contributed by atoms with van der Waals surface area (Å²) in [6.45, 7) is 1.51. The van der Waals surface area contributed by atoms with Gasteiger partial charge in [-0.1, -0.05) is 11.6 Å². The molecule has 0 radical (unpaired) electrons. The summed E-state index contributed by atoms with van der Waals surface area (Å²) in [5.41, 5.74) is 1.40. The molecule has 0 fully saturated rings. The van der Waals surface area contributed by atoms with Crippen molar-refractivity contribution in [2.24, 2.45) is 0 Å². The Bertz CT molecular complexity index is 971. The minimum absolute atomic E-state index is 0.274. The summed E-state index contributed by atoms with van der Waals surface area (Å²) in [7, 11) is 2.94. The first-order valence-electron chi connectivity index (χ1n) is 9.21. The molecule has 0 bridgehead atoms. The summed E-state index contributed by atoms with van der Waals surface area (Å²) in [6.07, 6.45) is 2.64. The summed E-state index contributed by atoms with van der Waals surface area (Å²) in [4.78, 5) is 35.5. The monoisotopic (exact) mass is 447 g/mol. The van der Waals surface area contributed by atoms with Gasteiger partial charge in [-0.2, -0.15) is 0 Å². The Kier molecular flexibility index (Phi) is 8.90. The maximum Gasteiger partial charge on any atom is 0.338 e. The molecule has 2 rings (SSSR count). The van der Waals surface area contributed by atoms with Crippen molar-refractivity contribution in [2.75, 3.05) is 32.8 Å². The number of methoxy groups -OCH3 is 2. The van der Waals surface area contributed by atoms with Gasteiger partial charge in [-0.25, -0.2) is 9.59 Å². The van der Waals surface area contributed by atoms with Gasteiger partial charge in [0.1, 0.15) is 0 Å². The van der Waals surface area contributed by atoms with Gasteiger partial charge in [0.15, 0.2) is 18.1 Å². The number of carbonyl (C=O) groups excluding carboxylic acids is 3. The molecule has 0 heterocycles. The highest BCUT2D eigenvalue weighted by atomic mass is 35.5. The molecule has 0 aliphatic heterocycles. The van der Waals surface area contributed by atoms with Gasteiger partial charge in [0.05, 0.1) is 31.4 Å². The predicted octanol–water partition coefficient (Wildman–Crippen LogP) is 3.73. The van der Waals surface area contributed by atoms with Crippen LogP contribution in [0.4, 0.5) is 5.69 Å². The maximum atomic E-state index is 12.0. The number of hydrogen-bond donors (Lipinski definition) is 1. The fraction of sp³-hybridized carbons (Fsp3) is 0.227. The molecule has 0 aromatic heterocycles. The lowest BCUT2D eigenvalue weighted by molar-refractivity contribution is -0.142. The van der Waals surface area contributed by atoms with Crippen LogP contribution in [0.3, 0.4) is 0 Å². The first-order valence-corrected chi connectivity index (χ1v) is 9.59. The van der Waals surface area contributed by atoms with E-state index in [1.807, 2.05) is 0 Å². The maximum absolute atomic E-state index is 12.0. The van der Waals surface area contributed by atoms with E-state index in [1.54, 1.807) is 31.2 Å². The van der Waals surface area contributed by atoms with Crippen LogP contribution in [-0.2, 0) is 19.1 Å². The normalized spacial score (nSPS) is 10.5. The van der Waals surface area contributed by atoms with Crippen LogP contribution in [0.1, 0.15) is 22.8 Å². The number of anilines is 1. The number of amides is 1. The number of rotatable bonds is 9. The number of halogens is 1. The molecule has 2 aromatic rings. The number of benzene rings is 2. The number of ether oxygens (including phenoxy) is 4. The zero-order chi connectivity index (χ0) is 22.8. The molecule has 2 aromatic carbocycles. The Morgan fingerprint density at radius 1 is 1.03 bits per heavy atom. The lowest BCUT2D eigenvalue weighted by Crippen LogP contribution is -2.20. The fourth-order valence-corrected chi connectivity index (χ4v) is 2.78. The average molecular weight is 448 g/mol. The van der Waals surface area contributed by atoms with Crippen LogP contribution in [-0.4, -0.2) is 45.3 Å². The van der Waals surface area contributed by atoms with Crippen LogP contribution in [0.25, 0.3) is 6.08 Å². The molecular formula is C22H22ClNO7. The fourth-order valence-electron chi connectivity index (χ4n) is 2.48. The number of carbonyl (C=O) groups is 3. The van der Waals surface area contributed by atoms with Crippen molar-refractivity contribution in [2.45, 2.75) is 6.92 Å². The molecule has 1 amide bonds. The number of hydrogen-bond acceptors (Lipinski definition) is 7. The Morgan fingerprint density at radius 3 is 2.35 bits per heavy atom. The summed E-state index contributed by atoms with van der Waals surface area (Å²) in [5, 5.41) is 2.89. The molecule has 0 spiro atoms. The lowest BCUT2D eigenvalue weighted by atomic mass is 10.2. The van der Waals surface area contributed by atoms with Gasteiger partial charge < -0.3 is 24.3 Å². The number of esters is 2. The highest BCUT2D eigenvalue weighted by molar-refractivity contribution is 6.32. The van der Waals surface area contributed by atoms with Crippen LogP contribution in [0.15, 0.2) is 42.5 Å². The third-order valence-electron chi connectivity index (χ3n) is 3.89. The van der Waals surface area contributed by atoms with Gasteiger partial charge in [-0.15, -0.1) is 0 Å². The van der Waals surface area contributed by atoms with Gasteiger partial charge in [0, 0.05) is 11.8 Å². The quantitative estimate of drug-likeness (QED) is 0.461. The van der Waals surface area contributed by atoms with Gasteiger partial charge >= 0.3 is 11.9 Å². The van der Waals surface area contributed by atoms with E-state index in [0.29, 0.717) is 33.3 Å². The average Bonchev–Trinajstić information content (AvgIpc) is 2.76. The van der Waals surface area contributed by atoms with Crippen LogP contribution in [0, 0.1) is 0 Å². The molecule has 8 nitrogen and oxygen atoms in total. The topological polar surface area (TPSA) is 100 Å². The van der Waals surface area contributed by atoms with E-state index in [1.165, 1.54) is 38.5 Å².